The van der Waals surface area contributed by atoms with Crippen molar-refractivity contribution in [1.82, 2.24) is 4.90 Å². The molecule has 2 rings (SSSR count). The zero-order valence-corrected chi connectivity index (χ0v) is 8.06. The van der Waals surface area contributed by atoms with E-state index < -0.39 is 4.92 Å². The zero-order valence-electron chi connectivity index (χ0n) is 8.06. The standard InChI is InChI=1S/C9H9N3O3/c1-11-5-6-4-7(12(14)15)2-3-8(6)10-9(11)13/h2-4H,5H2,1H3,(H,10,13). The lowest BCUT2D eigenvalue weighted by molar-refractivity contribution is -0.384. The van der Waals surface area contributed by atoms with Crippen LogP contribution in [-0.2, 0) is 6.54 Å². The lowest BCUT2D eigenvalue weighted by Crippen LogP contribution is -2.35. The summed E-state index contributed by atoms with van der Waals surface area (Å²) in [4.78, 5) is 22.8. The van der Waals surface area contributed by atoms with E-state index >= 15 is 0 Å². The second kappa shape index (κ2) is 3.23. The molecule has 6 nitrogen and oxygen atoms in total. The SMILES string of the molecule is CN1Cc2cc([N+](=O)[O-])ccc2NC1=O. The number of nitro benzene ring substituents is 1. The van der Waals surface area contributed by atoms with Crippen LogP contribution < -0.4 is 5.32 Å². The maximum atomic E-state index is 11.3. The van der Waals surface area contributed by atoms with Crippen molar-refractivity contribution < 1.29 is 9.72 Å². The quantitative estimate of drug-likeness (QED) is 0.561. The van der Waals surface area contributed by atoms with E-state index in [9.17, 15) is 14.9 Å². The minimum absolute atomic E-state index is 0.0401. The number of fused-ring (bicyclic) bond motifs is 1. The Morgan fingerprint density at radius 1 is 1.53 bits per heavy atom. The molecule has 1 aromatic rings. The number of anilines is 1. The summed E-state index contributed by atoms with van der Waals surface area (Å²) < 4.78 is 0. The predicted octanol–water partition coefficient (Wildman–Crippen LogP) is 1.57. The van der Waals surface area contributed by atoms with E-state index in [2.05, 4.69) is 5.32 Å². The molecular weight excluding hydrogens is 198 g/mol. The van der Waals surface area contributed by atoms with E-state index in [0.717, 1.165) is 5.56 Å². The first-order chi connectivity index (χ1) is 7.08. The number of nitrogens with zero attached hydrogens (tertiary/aromatic N) is 2. The molecule has 0 radical (unpaired) electrons. The summed E-state index contributed by atoms with van der Waals surface area (Å²) in [6.07, 6.45) is 0. The van der Waals surface area contributed by atoms with Gasteiger partial charge in [0.2, 0.25) is 0 Å². The normalized spacial score (nSPS) is 14.5. The van der Waals surface area contributed by atoms with E-state index in [-0.39, 0.29) is 11.7 Å². The average molecular weight is 207 g/mol. The van der Waals surface area contributed by atoms with Crippen molar-refractivity contribution >= 4 is 17.4 Å². The second-order valence-electron chi connectivity index (χ2n) is 3.38. The van der Waals surface area contributed by atoms with E-state index in [4.69, 9.17) is 0 Å². The molecule has 15 heavy (non-hydrogen) atoms. The number of non-ortho nitro benzene ring substituents is 1. The first-order valence-corrected chi connectivity index (χ1v) is 4.37. The predicted molar refractivity (Wildman–Crippen MR) is 53.6 cm³/mol. The zero-order chi connectivity index (χ0) is 11.0. The summed E-state index contributed by atoms with van der Waals surface area (Å²) in [6, 6.07) is 4.21. The summed E-state index contributed by atoms with van der Waals surface area (Å²) in [5.74, 6) is 0. The molecule has 6 heteroatoms. The highest BCUT2D eigenvalue weighted by molar-refractivity contribution is 5.92. The number of benzene rings is 1. The largest absolute Gasteiger partial charge is 0.323 e. The van der Waals surface area contributed by atoms with Gasteiger partial charge in [0.25, 0.3) is 5.69 Å². The minimum atomic E-state index is -0.448. The van der Waals surface area contributed by atoms with E-state index in [1.807, 2.05) is 0 Å². The van der Waals surface area contributed by atoms with Crippen LogP contribution >= 0.6 is 0 Å². The molecule has 0 saturated carbocycles. The van der Waals surface area contributed by atoms with Gasteiger partial charge in [-0.3, -0.25) is 10.1 Å². The second-order valence-corrected chi connectivity index (χ2v) is 3.38. The van der Waals surface area contributed by atoms with Crippen LogP contribution in [0.3, 0.4) is 0 Å². The smallest absolute Gasteiger partial charge is 0.321 e. The fourth-order valence-corrected chi connectivity index (χ4v) is 1.48. The van der Waals surface area contributed by atoms with Gasteiger partial charge in [-0.1, -0.05) is 0 Å². The van der Waals surface area contributed by atoms with Gasteiger partial charge in [-0.25, -0.2) is 4.79 Å². The van der Waals surface area contributed by atoms with Crippen LogP contribution in [0.15, 0.2) is 18.2 Å². The minimum Gasteiger partial charge on any atom is -0.323 e. The Morgan fingerprint density at radius 2 is 2.27 bits per heavy atom. The number of rotatable bonds is 1. The molecule has 0 bridgehead atoms. The average Bonchev–Trinajstić information content (AvgIpc) is 2.19. The van der Waals surface area contributed by atoms with Crippen LogP contribution in [0, 0.1) is 10.1 Å². The summed E-state index contributed by atoms with van der Waals surface area (Å²) in [7, 11) is 1.64. The third-order valence-electron chi connectivity index (χ3n) is 2.30. The van der Waals surface area contributed by atoms with Crippen LogP contribution in [0.2, 0.25) is 0 Å². The van der Waals surface area contributed by atoms with Gasteiger partial charge in [-0.15, -0.1) is 0 Å². The molecule has 0 spiro atoms. The molecule has 1 aliphatic rings. The van der Waals surface area contributed by atoms with Crippen molar-refractivity contribution in [3.8, 4) is 0 Å². The molecule has 0 aliphatic carbocycles. The van der Waals surface area contributed by atoms with E-state index in [0.29, 0.717) is 12.2 Å². The molecule has 2 amide bonds. The third-order valence-corrected chi connectivity index (χ3v) is 2.30. The number of hydrogen-bond donors (Lipinski definition) is 1. The van der Waals surface area contributed by atoms with Crippen molar-refractivity contribution in [1.29, 1.82) is 0 Å². The van der Waals surface area contributed by atoms with Crippen molar-refractivity contribution in [3.63, 3.8) is 0 Å². The first-order valence-electron chi connectivity index (χ1n) is 4.37. The van der Waals surface area contributed by atoms with Gasteiger partial charge in [0.05, 0.1) is 4.92 Å². The van der Waals surface area contributed by atoms with Crippen LogP contribution in [0.25, 0.3) is 0 Å². The van der Waals surface area contributed by atoms with Crippen LogP contribution in [-0.4, -0.2) is 22.9 Å². The summed E-state index contributed by atoms with van der Waals surface area (Å²) in [5.41, 5.74) is 1.44. The van der Waals surface area contributed by atoms with Crippen LogP contribution in [0.1, 0.15) is 5.56 Å². The van der Waals surface area contributed by atoms with Gasteiger partial charge in [-0.05, 0) is 6.07 Å². The maximum Gasteiger partial charge on any atom is 0.321 e. The topological polar surface area (TPSA) is 75.5 Å². The van der Waals surface area contributed by atoms with Crippen LogP contribution in [0.5, 0.6) is 0 Å². The molecule has 78 valence electrons. The highest BCUT2D eigenvalue weighted by Gasteiger charge is 2.21. The first kappa shape index (κ1) is 9.45. The molecular formula is C9H9N3O3. The fraction of sp³-hybridized carbons (Fsp3) is 0.222. The lowest BCUT2D eigenvalue weighted by atomic mass is 10.1. The van der Waals surface area contributed by atoms with Crippen molar-refractivity contribution in [3.05, 3.63) is 33.9 Å². The molecule has 0 fully saturated rings. The number of nitrogens with one attached hydrogen (secondary N) is 1. The Kier molecular flexibility index (Phi) is 2.03. The van der Waals surface area contributed by atoms with Crippen molar-refractivity contribution in [2.75, 3.05) is 12.4 Å². The Hall–Kier alpha value is -2.11. The fourth-order valence-electron chi connectivity index (χ4n) is 1.48. The third kappa shape index (κ3) is 1.61. The number of urea groups is 1. The molecule has 0 atom stereocenters. The van der Waals surface area contributed by atoms with E-state index in [1.54, 1.807) is 13.1 Å². The number of amides is 2. The summed E-state index contributed by atoms with van der Waals surface area (Å²) in [5, 5.41) is 13.2. The summed E-state index contributed by atoms with van der Waals surface area (Å²) >= 11 is 0. The van der Waals surface area contributed by atoms with Gasteiger partial charge in [0, 0.05) is 37.0 Å². The summed E-state index contributed by atoms with van der Waals surface area (Å²) in [6.45, 7) is 0.392. The Balaban J connectivity index is 2.41. The van der Waals surface area contributed by atoms with Crippen molar-refractivity contribution in [2.24, 2.45) is 0 Å². The molecule has 0 aromatic heterocycles. The van der Waals surface area contributed by atoms with Crippen molar-refractivity contribution in [2.45, 2.75) is 6.54 Å². The molecule has 1 N–H and O–H groups in total. The highest BCUT2D eigenvalue weighted by Crippen LogP contribution is 2.26. The number of carbonyl (C=O) groups is 1. The number of carbonyl (C=O) groups excluding carboxylic acids is 1. The Morgan fingerprint density at radius 3 is 2.93 bits per heavy atom. The Labute approximate surface area is 85.6 Å². The van der Waals surface area contributed by atoms with Gasteiger partial charge >= 0.3 is 6.03 Å². The molecule has 1 aliphatic heterocycles. The highest BCUT2D eigenvalue weighted by atomic mass is 16.6. The van der Waals surface area contributed by atoms with Gasteiger partial charge in [-0.2, -0.15) is 0 Å². The number of hydrogen-bond acceptors (Lipinski definition) is 3. The molecule has 1 aromatic carbocycles. The number of nitro groups is 1. The molecule has 1 heterocycles. The van der Waals surface area contributed by atoms with E-state index in [1.165, 1.54) is 17.0 Å². The monoisotopic (exact) mass is 207 g/mol. The van der Waals surface area contributed by atoms with Gasteiger partial charge in [0.1, 0.15) is 0 Å². The maximum absolute atomic E-state index is 11.3. The molecule has 0 unspecified atom stereocenters. The molecule has 0 saturated heterocycles. The van der Waals surface area contributed by atoms with Gasteiger partial charge in [0.15, 0.2) is 0 Å². The van der Waals surface area contributed by atoms with Gasteiger partial charge < -0.3 is 10.2 Å². The Bertz CT molecular complexity index is 444. The lowest BCUT2D eigenvalue weighted by Gasteiger charge is -2.25. The van der Waals surface area contributed by atoms with Crippen LogP contribution in [0.4, 0.5) is 16.2 Å².